The van der Waals surface area contributed by atoms with Crippen LogP contribution in [0.3, 0.4) is 0 Å². The molecule has 29 heavy (non-hydrogen) atoms. The second-order valence-corrected chi connectivity index (χ2v) is 8.32. The number of benzene rings is 2. The molecule has 1 aliphatic heterocycles. The van der Waals surface area contributed by atoms with E-state index < -0.39 is 10.0 Å². The number of sulfonamides is 1. The van der Waals surface area contributed by atoms with E-state index in [2.05, 4.69) is 5.32 Å². The molecule has 0 atom stereocenters. The van der Waals surface area contributed by atoms with Gasteiger partial charge in [0.1, 0.15) is 16.4 Å². The largest absolute Gasteiger partial charge is 0.497 e. The van der Waals surface area contributed by atoms with Crippen LogP contribution in [0.25, 0.3) is 0 Å². The summed E-state index contributed by atoms with van der Waals surface area (Å²) in [5, 5.41) is 2.80. The molecular weight excluding hydrogens is 396 g/mol. The maximum atomic E-state index is 13.0. The van der Waals surface area contributed by atoms with Gasteiger partial charge in [-0.15, -0.1) is 0 Å². The van der Waals surface area contributed by atoms with Gasteiger partial charge in [-0.3, -0.25) is 4.79 Å². The van der Waals surface area contributed by atoms with Gasteiger partial charge in [0.15, 0.2) is 0 Å². The highest BCUT2D eigenvalue weighted by Gasteiger charge is 2.30. The molecule has 0 aromatic heterocycles. The Morgan fingerprint density at radius 2 is 1.86 bits per heavy atom. The standard InChI is InChI=1S/C20H24N2O6S/c1-26-17-5-3-4-15(12-17)14-21-20(23)16-6-7-18(27-2)19(13-16)29(24,25)22-8-10-28-11-9-22/h3-7,12-13H,8-11,14H2,1-2H3,(H,21,23). The van der Waals surface area contributed by atoms with Gasteiger partial charge in [0.05, 0.1) is 27.4 Å². The minimum Gasteiger partial charge on any atom is -0.497 e. The molecule has 3 rings (SSSR count). The van der Waals surface area contributed by atoms with Crippen molar-refractivity contribution in [3.63, 3.8) is 0 Å². The number of rotatable bonds is 7. The van der Waals surface area contributed by atoms with Crippen LogP contribution >= 0.6 is 0 Å². The summed E-state index contributed by atoms with van der Waals surface area (Å²) in [7, 11) is -0.831. The third-order valence-corrected chi connectivity index (χ3v) is 6.52. The normalized spacial score (nSPS) is 15.0. The maximum Gasteiger partial charge on any atom is 0.251 e. The van der Waals surface area contributed by atoms with Crippen molar-refractivity contribution >= 4 is 15.9 Å². The van der Waals surface area contributed by atoms with E-state index in [-0.39, 0.29) is 41.7 Å². The topological polar surface area (TPSA) is 94.2 Å². The predicted molar refractivity (Wildman–Crippen MR) is 107 cm³/mol. The maximum absolute atomic E-state index is 13.0. The number of nitrogens with one attached hydrogen (secondary N) is 1. The fourth-order valence-electron chi connectivity index (χ4n) is 3.01. The molecule has 8 nitrogen and oxygen atoms in total. The zero-order valence-electron chi connectivity index (χ0n) is 16.4. The minimum atomic E-state index is -3.81. The Hall–Kier alpha value is -2.62. The van der Waals surface area contributed by atoms with Crippen LogP contribution in [0.5, 0.6) is 11.5 Å². The van der Waals surface area contributed by atoms with Crippen LogP contribution in [0.2, 0.25) is 0 Å². The highest BCUT2D eigenvalue weighted by molar-refractivity contribution is 7.89. The van der Waals surface area contributed by atoms with Crippen molar-refractivity contribution in [3.05, 3.63) is 53.6 Å². The van der Waals surface area contributed by atoms with Gasteiger partial charge in [-0.1, -0.05) is 12.1 Å². The highest BCUT2D eigenvalue weighted by Crippen LogP contribution is 2.28. The average Bonchev–Trinajstić information content (AvgIpc) is 2.77. The Balaban J connectivity index is 1.81. The fourth-order valence-corrected chi connectivity index (χ4v) is 4.60. The number of hydrogen-bond acceptors (Lipinski definition) is 6. The monoisotopic (exact) mass is 420 g/mol. The lowest BCUT2D eigenvalue weighted by Gasteiger charge is -2.26. The van der Waals surface area contributed by atoms with Gasteiger partial charge in [-0.05, 0) is 35.9 Å². The van der Waals surface area contributed by atoms with Gasteiger partial charge in [0.25, 0.3) is 5.91 Å². The number of methoxy groups -OCH3 is 2. The first kappa shape index (κ1) is 21.1. The Labute approximate surface area is 170 Å². The second kappa shape index (κ2) is 9.25. The van der Waals surface area contributed by atoms with Crippen molar-refractivity contribution < 1.29 is 27.4 Å². The first-order valence-electron chi connectivity index (χ1n) is 9.13. The van der Waals surface area contributed by atoms with E-state index >= 15 is 0 Å². The van der Waals surface area contributed by atoms with E-state index in [4.69, 9.17) is 14.2 Å². The lowest BCUT2D eigenvalue weighted by Crippen LogP contribution is -2.40. The van der Waals surface area contributed by atoms with Crippen molar-refractivity contribution in [2.45, 2.75) is 11.4 Å². The molecule has 2 aromatic carbocycles. The lowest BCUT2D eigenvalue weighted by molar-refractivity contribution is 0.0729. The Bertz CT molecular complexity index is 971. The molecule has 1 amide bonds. The molecule has 1 aliphatic rings. The summed E-state index contributed by atoms with van der Waals surface area (Å²) in [4.78, 5) is 12.6. The van der Waals surface area contributed by atoms with E-state index in [9.17, 15) is 13.2 Å². The number of ether oxygens (including phenoxy) is 3. The highest BCUT2D eigenvalue weighted by atomic mass is 32.2. The molecule has 0 radical (unpaired) electrons. The summed E-state index contributed by atoms with van der Waals surface area (Å²) in [6.07, 6.45) is 0. The van der Waals surface area contributed by atoms with Crippen LogP contribution in [0.15, 0.2) is 47.4 Å². The molecule has 1 fully saturated rings. The van der Waals surface area contributed by atoms with Crippen LogP contribution in [-0.2, 0) is 21.3 Å². The van der Waals surface area contributed by atoms with Crippen molar-refractivity contribution in [1.29, 1.82) is 0 Å². The summed E-state index contributed by atoms with van der Waals surface area (Å²) in [6.45, 7) is 1.48. The summed E-state index contributed by atoms with van der Waals surface area (Å²) >= 11 is 0. The Morgan fingerprint density at radius 1 is 1.10 bits per heavy atom. The van der Waals surface area contributed by atoms with Gasteiger partial charge in [-0.25, -0.2) is 8.42 Å². The van der Waals surface area contributed by atoms with E-state index in [1.807, 2.05) is 24.3 Å². The number of nitrogens with zero attached hydrogens (tertiary/aromatic N) is 1. The van der Waals surface area contributed by atoms with Gasteiger partial charge < -0.3 is 19.5 Å². The van der Waals surface area contributed by atoms with Crippen molar-refractivity contribution in [2.24, 2.45) is 0 Å². The van der Waals surface area contributed by atoms with Gasteiger partial charge in [0.2, 0.25) is 10.0 Å². The molecule has 9 heteroatoms. The van der Waals surface area contributed by atoms with Crippen molar-refractivity contribution in [2.75, 3.05) is 40.5 Å². The van der Waals surface area contributed by atoms with Gasteiger partial charge >= 0.3 is 0 Å². The molecule has 0 spiro atoms. The van der Waals surface area contributed by atoms with E-state index in [1.165, 1.54) is 29.6 Å². The van der Waals surface area contributed by atoms with Crippen LogP contribution < -0.4 is 14.8 Å². The van der Waals surface area contributed by atoms with Gasteiger partial charge in [-0.2, -0.15) is 4.31 Å². The zero-order chi connectivity index (χ0) is 20.9. The molecule has 2 aromatic rings. The average molecular weight is 420 g/mol. The molecule has 1 saturated heterocycles. The first-order valence-corrected chi connectivity index (χ1v) is 10.6. The van der Waals surface area contributed by atoms with Crippen LogP contribution in [-0.4, -0.2) is 59.2 Å². The summed E-state index contributed by atoms with van der Waals surface area (Å²) in [6, 6.07) is 11.7. The minimum absolute atomic E-state index is 0.0315. The zero-order valence-corrected chi connectivity index (χ0v) is 17.2. The molecular formula is C20H24N2O6S. The molecule has 1 heterocycles. The first-order chi connectivity index (χ1) is 14.0. The Kier molecular flexibility index (Phi) is 6.73. The number of carbonyl (C=O) groups is 1. The molecule has 156 valence electrons. The number of amides is 1. The second-order valence-electron chi connectivity index (χ2n) is 6.42. The quantitative estimate of drug-likeness (QED) is 0.732. The van der Waals surface area contributed by atoms with Crippen LogP contribution in [0.1, 0.15) is 15.9 Å². The van der Waals surface area contributed by atoms with E-state index in [0.29, 0.717) is 19.0 Å². The third kappa shape index (κ3) is 4.87. The van der Waals surface area contributed by atoms with Crippen molar-refractivity contribution in [3.8, 4) is 11.5 Å². The molecule has 0 aliphatic carbocycles. The predicted octanol–water partition coefficient (Wildman–Crippen LogP) is 1.65. The SMILES string of the molecule is COc1cccc(CNC(=O)c2ccc(OC)c(S(=O)(=O)N3CCOCC3)c2)c1. The summed E-state index contributed by atoms with van der Waals surface area (Å²) < 4.78 is 43.0. The van der Waals surface area contributed by atoms with E-state index in [0.717, 1.165) is 5.56 Å². The molecule has 0 saturated carbocycles. The number of morpholine rings is 1. The summed E-state index contributed by atoms with van der Waals surface area (Å²) in [5.74, 6) is 0.509. The smallest absolute Gasteiger partial charge is 0.251 e. The van der Waals surface area contributed by atoms with Crippen LogP contribution in [0, 0.1) is 0 Å². The number of carbonyl (C=O) groups excluding carboxylic acids is 1. The fraction of sp³-hybridized carbons (Fsp3) is 0.350. The van der Waals surface area contributed by atoms with Gasteiger partial charge in [0, 0.05) is 25.2 Å². The molecule has 0 unspecified atom stereocenters. The molecule has 1 N–H and O–H groups in total. The lowest BCUT2D eigenvalue weighted by atomic mass is 10.2. The van der Waals surface area contributed by atoms with E-state index in [1.54, 1.807) is 7.11 Å². The Morgan fingerprint density at radius 3 is 2.55 bits per heavy atom. The number of hydrogen-bond donors (Lipinski definition) is 1. The van der Waals surface area contributed by atoms with Crippen LogP contribution in [0.4, 0.5) is 0 Å². The molecule has 0 bridgehead atoms. The third-order valence-electron chi connectivity index (χ3n) is 4.60. The van der Waals surface area contributed by atoms with Crippen molar-refractivity contribution in [1.82, 2.24) is 9.62 Å². The summed E-state index contributed by atoms with van der Waals surface area (Å²) in [5.41, 5.74) is 1.10.